The molecule has 2 fully saturated rings. The van der Waals surface area contributed by atoms with E-state index in [1.54, 1.807) is 24.0 Å². The number of esters is 2. The van der Waals surface area contributed by atoms with Crippen molar-refractivity contribution in [1.29, 1.82) is 0 Å². The first-order valence-corrected chi connectivity index (χ1v) is 28.1. The van der Waals surface area contributed by atoms with Gasteiger partial charge in [-0.2, -0.15) is 0 Å². The number of Topliss-reactive ketones (excluding diaryl/α,β-unsaturated/α-hetero) is 1. The van der Waals surface area contributed by atoms with E-state index in [-0.39, 0.29) is 84.5 Å². The summed E-state index contributed by atoms with van der Waals surface area (Å²) in [6.07, 6.45) is 16.2. The summed E-state index contributed by atoms with van der Waals surface area (Å²) >= 11 is 0. The van der Waals surface area contributed by atoms with Crippen molar-refractivity contribution in [3.05, 3.63) is 155 Å². The minimum absolute atomic E-state index is 0. The van der Waals surface area contributed by atoms with Gasteiger partial charge in [0.1, 0.15) is 12.4 Å². The average molecular weight is 1070 g/mol. The fourth-order valence-corrected chi connectivity index (χ4v) is 9.77. The Labute approximate surface area is 474 Å². The number of nitrogens with zero attached hydrogens (tertiary/aromatic N) is 2. The molecule has 0 bridgehead atoms. The number of likely N-dealkylation sites (tertiary alicyclic amines) is 2. The summed E-state index contributed by atoms with van der Waals surface area (Å²) < 4.78 is 31.5. The van der Waals surface area contributed by atoms with Crippen molar-refractivity contribution in [2.45, 2.75) is 129 Å². The number of amides is 2. The second kappa shape index (κ2) is 36.6. The third kappa shape index (κ3) is 23.9. The quantitative estimate of drug-likeness (QED) is 0.00968. The third-order valence-electron chi connectivity index (χ3n) is 12.9. The first-order valence-electron chi connectivity index (χ1n) is 26.4. The second-order valence-corrected chi connectivity index (χ2v) is 20.7. The molecule has 0 N–H and O–H groups in total. The van der Waals surface area contributed by atoms with Crippen LogP contribution in [-0.2, 0) is 59.9 Å². The van der Waals surface area contributed by atoms with Gasteiger partial charge < -0.3 is 34.5 Å². The number of rotatable bonds is 29. The number of hydrogen-bond acceptors (Lipinski definition) is 12. The summed E-state index contributed by atoms with van der Waals surface area (Å²) in [6, 6.07) is 35.1. The number of aldehydes is 1. The molecule has 2 saturated heterocycles. The van der Waals surface area contributed by atoms with Gasteiger partial charge in [-0.1, -0.05) is 129 Å². The number of carbonyl (C=O) groups excluding carboxylic acids is 7. The van der Waals surface area contributed by atoms with Gasteiger partial charge >= 0.3 is 49.1 Å². The van der Waals surface area contributed by atoms with Crippen LogP contribution in [0.3, 0.4) is 0 Å². The normalized spacial score (nSPS) is 15.0. The van der Waals surface area contributed by atoms with Crippen LogP contribution in [0.25, 0.3) is 0 Å². The molecule has 0 aromatic heterocycles. The van der Waals surface area contributed by atoms with Gasteiger partial charge in [0.2, 0.25) is 11.8 Å². The number of carbonyl (C=O) groups is 7. The van der Waals surface area contributed by atoms with E-state index in [4.69, 9.17) is 18.5 Å². The van der Waals surface area contributed by atoms with E-state index < -0.39 is 7.60 Å². The van der Waals surface area contributed by atoms with Crippen molar-refractivity contribution in [2.24, 2.45) is 0 Å². The van der Waals surface area contributed by atoms with Gasteiger partial charge in [0.05, 0.1) is 25.3 Å². The molecule has 0 spiro atoms. The zero-order chi connectivity index (χ0) is 54.3. The van der Waals surface area contributed by atoms with E-state index in [1.165, 1.54) is 25.3 Å². The maximum Gasteiger partial charge on any atom is 1.00 e. The third-order valence-corrected chi connectivity index (χ3v) is 14.7. The number of unbranched alkanes of at least 4 members (excludes halogenated alkanes) is 6. The van der Waals surface area contributed by atoms with Gasteiger partial charge in [-0.15, -0.1) is 0 Å². The van der Waals surface area contributed by atoms with Crippen LogP contribution < -0.4 is 29.6 Å². The standard InChI is InChI=1S/C29H35NO4.C17H19O4P.C14H23NO4.Na.H/c1-2-34-29(33)15-8-3-4-9-20-30-26(17-19-28(30)32)16-18-27(31)25-14-10-13-24(22-25)21-23-11-6-5-7-12-23;1-20-22(19,21-2)13-17(18)16-10-6-9-15(12-16)11-14-7-4-3-5-8-14;1-2-19-14(18)7-5-3-4-6-10-15-12(11-16)8-9-13(15)17;;/h5-7,10-14,16,18,22,26H,2-4,8-9,15,17,19-21H2,1H3;3-10,12H,11,13H2,1-2H3;11-12H,2-10H2,1H3;;/q;;;+1;-1/b18-16+;;;;/t26-;;;;/m0..../s1. The van der Waals surface area contributed by atoms with Crippen LogP contribution in [0.15, 0.2) is 121 Å². The Balaban J connectivity index is 0.000000412. The number of ether oxygens (including phenoxy) is 2. The zero-order valence-corrected chi connectivity index (χ0v) is 48.3. The van der Waals surface area contributed by atoms with Gasteiger partial charge in [0, 0.05) is 64.1 Å². The second-order valence-electron chi connectivity index (χ2n) is 18.5. The molecule has 0 radical (unpaired) electrons. The van der Waals surface area contributed by atoms with Crippen molar-refractivity contribution in [1.82, 2.24) is 9.80 Å². The fraction of sp³-hybridized carbons (Fsp3) is 0.450. The Morgan fingerprint density at radius 2 is 1.03 bits per heavy atom. The summed E-state index contributed by atoms with van der Waals surface area (Å²) in [5.74, 6) is -0.326. The van der Waals surface area contributed by atoms with Crippen LogP contribution >= 0.6 is 7.60 Å². The molecule has 2 amide bonds. The monoisotopic (exact) mass is 1070 g/mol. The van der Waals surface area contributed by atoms with Crippen molar-refractivity contribution in [3.8, 4) is 0 Å². The first kappa shape index (κ1) is 64.9. The minimum Gasteiger partial charge on any atom is -1.00 e. The largest absolute Gasteiger partial charge is 1.00 e. The van der Waals surface area contributed by atoms with Crippen molar-refractivity contribution in [2.75, 3.05) is 46.7 Å². The average Bonchev–Trinajstić information content (AvgIpc) is 3.97. The molecule has 6 rings (SSSR count). The minimum atomic E-state index is -3.33. The van der Waals surface area contributed by atoms with E-state index in [0.717, 1.165) is 88.0 Å². The van der Waals surface area contributed by atoms with Crippen LogP contribution in [0.4, 0.5) is 0 Å². The van der Waals surface area contributed by atoms with Crippen molar-refractivity contribution in [3.63, 3.8) is 0 Å². The van der Waals surface area contributed by atoms with Crippen LogP contribution in [0.5, 0.6) is 0 Å². The van der Waals surface area contributed by atoms with Gasteiger partial charge in [-0.3, -0.25) is 33.3 Å². The molecule has 16 heteroatoms. The Morgan fingerprint density at radius 1 is 0.592 bits per heavy atom. The summed E-state index contributed by atoms with van der Waals surface area (Å²) in [6.45, 7) is 5.81. The molecule has 2 atom stereocenters. The van der Waals surface area contributed by atoms with Crippen LogP contribution in [0.1, 0.15) is 148 Å². The Morgan fingerprint density at radius 3 is 1.50 bits per heavy atom. The van der Waals surface area contributed by atoms with E-state index >= 15 is 0 Å². The molecular formula is C60H78N2NaO12P. The van der Waals surface area contributed by atoms with Gasteiger partial charge in [-0.05, 0) is 106 Å². The van der Waals surface area contributed by atoms with Crippen LogP contribution in [0, 0.1) is 0 Å². The molecule has 2 aliphatic rings. The molecule has 76 heavy (non-hydrogen) atoms. The molecule has 0 aliphatic carbocycles. The topological polar surface area (TPSA) is 180 Å². The molecule has 4 aromatic carbocycles. The fourth-order valence-electron chi connectivity index (χ4n) is 8.83. The molecule has 4 aromatic rings. The zero-order valence-electron chi connectivity index (χ0n) is 46.4. The molecule has 0 saturated carbocycles. The van der Waals surface area contributed by atoms with Crippen molar-refractivity contribution >= 4 is 49.2 Å². The number of hydrogen-bond donors (Lipinski definition) is 0. The maximum atomic E-state index is 12.8. The molecule has 2 aliphatic heterocycles. The molecule has 1 unspecified atom stereocenters. The van der Waals surface area contributed by atoms with Crippen LogP contribution in [-0.4, -0.2) is 110 Å². The van der Waals surface area contributed by atoms with Gasteiger partial charge in [0.25, 0.3) is 0 Å². The predicted molar refractivity (Wildman–Crippen MR) is 292 cm³/mol. The van der Waals surface area contributed by atoms with E-state index in [2.05, 4.69) is 12.1 Å². The Bertz CT molecular complexity index is 2500. The molecule has 406 valence electrons. The summed E-state index contributed by atoms with van der Waals surface area (Å²) in [5.41, 5.74) is 5.70. The van der Waals surface area contributed by atoms with Crippen molar-refractivity contribution < 1.29 is 87.6 Å². The van der Waals surface area contributed by atoms with E-state index in [0.29, 0.717) is 69.5 Å². The summed E-state index contributed by atoms with van der Waals surface area (Å²) in [4.78, 5) is 85.8. The van der Waals surface area contributed by atoms with E-state index in [9.17, 15) is 38.1 Å². The number of allylic oxidation sites excluding steroid dienone is 1. The summed E-state index contributed by atoms with van der Waals surface area (Å²) in [7, 11) is -0.772. The first-order chi connectivity index (χ1) is 36.3. The van der Waals surface area contributed by atoms with E-state index in [1.807, 2.05) is 109 Å². The molecular weight excluding hydrogens is 995 g/mol. The maximum absolute atomic E-state index is 12.8. The molecule has 14 nitrogen and oxygen atoms in total. The number of ketones is 2. The Kier molecular flexibility index (Phi) is 31.3. The number of benzene rings is 4. The van der Waals surface area contributed by atoms with Crippen LogP contribution in [0.2, 0.25) is 0 Å². The smallest absolute Gasteiger partial charge is 1.00 e. The Hall–Kier alpha value is -5.34. The van der Waals surface area contributed by atoms with Gasteiger partial charge in [-0.25, -0.2) is 0 Å². The summed E-state index contributed by atoms with van der Waals surface area (Å²) in [5, 5.41) is 0. The SMILES string of the molecule is CCOC(=O)CCCCCCN1C(=O)CCC1C=O.CCOC(=O)CCCCCCN1C(=O)CC[C@@H]1/C=C/C(=O)c1cccc(Cc2ccccc2)c1.COP(=O)(CC(=O)c1cccc(Cc2ccccc2)c1)OC.[H-].[Na+]. The van der Waals surface area contributed by atoms with Gasteiger partial charge in [0.15, 0.2) is 11.6 Å². The molecule has 2 heterocycles. The predicted octanol–water partition coefficient (Wildman–Crippen LogP) is 8.27.